The van der Waals surface area contributed by atoms with Crippen LogP contribution in [0.25, 0.3) is 0 Å². The van der Waals surface area contributed by atoms with E-state index in [1.54, 1.807) is 49.4 Å². The monoisotopic (exact) mass is 658 g/mol. The number of carbonyl (C=O) groups is 5. The molecule has 212 valence electrons. The van der Waals surface area contributed by atoms with Crippen molar-refractivity contribution in [2.24, 2.45) is 17.8 Å². The van der Waals surface area contributed by atoms with Gasteiger partial charge in [0.2, 0.25) is 11.8 Å². The van der Waals surface area contributed by atoms with Crippen LogP contribution < -0.4 is 4.90 Å². The molecule has 6 rings (SSSR count). The lowest BCUT2D eigenvalue weighted by molar-refractivity contribution is -0.138. The van der Waals surface area contributed by atoms with Crippen LogP contribution in [-0.4, -0.2) is 54.6 Å². The van der Waals surface area contributed by atoms with Gasteiger partial charge >= 0.3 is 0 Å². The minimum Gasteiger partial charge on any atom is -0.507 e. The average molecular weight is 660 g/mol. The van der Waals surface area contributed by atoms with Crippen LogP contribution in [0.1, 0.15) is 47.2 Å². The number of alkyl halides is 3. The molecule has 2 aromatic carbocycles. The highest BCUT2D eigenvalue weighted by atomic mass is 79.9. The Hall–Kier alpha value is -3.01. The van der Waals surface area contributed by atoms with E-state index in [4.69, 9.17) is 23.2 Å². The van der Waals surface area contributed by atoms with E-state index >= 15 is 0 Å². The van der Waals surface area contributed by atoms with Crippen LogP contribution in [0.15, 0.2) is 54.1 Å². The molecule has 11 heteroatoms. The van der Waals surface area contributed by atoms with Gasteiger partial charge in [-0.1, -0.05) is 45.8 Å². The number of benzene rings is 2. The molecule has 1 saturated carbocycles. The molecule has 2 saturated heterocycles. The van der Waals surface area contributed by atoms with Crippen LogP contribution in [0.3, 0.4) is 0 Å². The second kappa shape index (κ2) is 9.51. The van der Waals surface area contributed by atoms with Crippen molar-refractivity contribution in [3.05, 3.63) is 70.8 Å². The Morgan fingerprint density at radius 1 is 1.02 bits per heavy atom. The molecule has 6 atom stereocenters. The van der Waals surface area contributed by atoms with E-state index in [1.807, 2.05) is 6.08 Å². The predicted octanol–water partition coefficient (Wildman–Crippen LogP) is 4.82. The van der Waals surface area contributed by atoms with E-state index in [1.165, 1.54) is 6.92 Å². The molecule has 4 aliphatic rings. The number of nitrogens with zero attached hydrogens (tertiary/aromatic N) is 2. The number of carbonyl (C=O) groups excluding carboxylic acids is 5. The lowest BCUT2D eigenvalue weighted by atomic mass is 9.56. The number of allylic oxidation sites excluding steroid dienone is 2. The standard InChI is InChI=1S/C30H25BrCl2N2O6/c1-14-4-3-5-20(24(14)37)23-18-10-11-19-22(21(18)12-29(32)27(40)34(13-31)28(41)30(23,29)33)26(39)35(25(19)38)17-8-6-16(7-9-17)15(2)36/h3-10,19,21-23,37H,11-13H2,1-2H3. The van der Waals surface area contributed by atoms with E-state index in [0.717, 1.165) is 9.80 Å². The van der Waals surface area contributed by atoms with Gasteiger partial charge in [-0.25, -0.2) is 0 Å². The first kappa shape index (κ1) is 28.1. The number of phenolic OH excluding ortho intramolecular Hbond substituents is 1. The van der Waals surface area contributed by atoms with Crippen molar-refractivity contribution >= 4 is 74.2 Å². The number of aromatic hydroxyl groups is 1. The number of anilines is 1. The second-order valence-corrected chi connectivity index (χ2v) is 12.9. The molecule has 2 aliphatic carbocycles. The smallest absolute Gasteiger partial charge is 0.254 e. The molecule has 8 nitrogen and oxygen atoms in total. The molecule has 2 aliphatic heterocycles. The number of rotatable bonds is 4. The van der Waals surface area contributed by atoms with Crippen LogP contribution in [0, 0.1) is 24.7 Å². The fourth-order valence-electron chi connectivity index (χ4n) is 7.11. The summed E-state index contributed by atoms with van der Waals surface area (Å²) >= 11 is 17.6. The number of ketones is 1. The van der Waals surface area contributed by atoms with E-state index < -0.39 is 51.1 Å². The van der Waals surface area contributed by atoms with Crippen molar-refractivity contribution in [2.45, 2.75) is 42.4 Å². The normalized spacial score (nSPS) is 32.6. The lowest BCUT2D eigenvalue weighted by Gasteiger charge is -2.50. The Labute approximate surface area is 254 Å². The molecule has 0 bridgehead atoms. The molecule has 41 heavy (non-hydrogen) atoms. The van der Waals surface area contributed by atoms with Gasteiger partial charge in [0.25, 0.3) is 11.8 Å². The third-order valence-corrected chi connectivity index (χ3v) is 11.0. The van der Waals surface area contributed by atoms with Crippen LogP contribution in [0.4, 0.5) is 5.69 Å². The molecule has 6 unspecified atom stereocenters. The zero-order valence-electron chi connectivity index (χ0n) is 22.1. The van der Waals surface area contributed by atoms with E-state index in [2.05, 4.69) is 15.9 Å². The highest BCUT2D eigenvalue weighted by Crippen LogP contribution is 2.66. The summed E-state index contributed by atoms with van der Waals surface area (Å²) in [7, 11) is 0. The maximum absolute atomic E-state index is 14.0. The number of halogens is 3. The van der Waals surface area contributed by atoms with Gasteiger partial charge < -0.3 is 5.11 Å². The van der Waals surface area contributed by atoms with E-state index in [9.17, 15) is 29.1 Å². The molecule has 0 aromatic heterocycles. The number of likely N-dealkylation sites (tertiary alicyclic amines) is 1. The van der Waals surface area contributed by atoms with E-state index in [-0.39, 0.29) is 35.7 Å². The summed E-state index contributed by atoms with van der Waals surface area (Å²) in [5.74, 6) is -5.75. The maximum atomic E-state index is 14.0. The Bertz CT molecular complexity index is 1590. The number of hydrogen-bond donors (Lipinski definition) is 1. The fraction of sp³-hybridized carbons (Fsp3) is 0.367. The van der Waals surface area contributed by atoms with Crippen molar-refractivity contribution in [3.8, 4) is 5.75 Å². The van der Waals surface area contributed by atoms with Gasteiger partial charge in [0.05, 0.1) is 23.0 Å². The second-order valence-electron chi connectivity index (χ2n) is 11.1. The highest BCUT2D eigenvalue weighted by molar-refractivity contribution is 9.09. The number of hydrogen-bond acceptors (Lipinski definition) is 6. The average Bonchev–Trinajstić information content (AvgIpc) is 3.28. The molecular formula is C30H25BrCl2N2O6. The Balaban J connectivity index is 1.50. The summed E-state index contributed by atoms with van der Waals surface area (Å²) in [6.07, 6.45) is 1.89. The van der Waals surface area contributed by atoms with Crippen LogP contribution in [0.2, 0.25) is 0 Å². The largest absolute Gasteiger partial charge is 0.507 e. The predicted molar refractivity (Wildman–Crippen MR) is 155 cm³/mol. The van der Waals surface area contributed by atoms with Crippen LogP contribution in [-0.2, 0) is 19.2 Å². The Morgan fingerprint density at radius 2 is 1.71 bits per heavy atom. The molecule has 3 fully saturated rings. The molecule has 2 aromatic rings. The van der Waals surface area contributed by atoms with Gasteiger partial charge in [-0.15, -0.1) is 23.2 Å². The Kier molecular flexibility index (Phi) is 6.52. The quantitative estimate of drug-likeness (QED) is 0.166. The molecular weight excluding hydrogens is 635 g/mol. The molecule has 0 spiro atoms. The van der Waals surface area contributed by atoms with Crippen molar-refractivity contribution < 1.29 is 29.1 Å². The third-order valence-electron chi connectivity index (χ3n) is 9.13. The summed E-state index contributed by atoms with van der Waals surface area (Å²) in [5.41, 5.74) is 2.13. The minimum atomic E-state index is -1.98. The van der Waals surface area contributed by atoms with Crippen molar-refractivity contribution in [2.75, 3.05) is 10.4 Å². The summed E-state index contributed by atoms with van der Waals surface area (Å²) in [5, 5.41) is 11.2. The number of imide groups is 2. The van der Waals surface area contributed by atoms with Gasteiger partial charge in [-0.3, -0.25) is 33.8 Å². The van der Waals surface area contributed by atoms with Gasteiger partial charge in [0.1, 0.15) is 5.75 Å². The number of fused-ring (bicyclic) bond motifs is 4. The first-order chi connectivity index (χ1) is 19.4. The molecule has 0 radical (unpaired) electrons. The summed E-state index contributed by atoms with van der Waals surface area (Å²) < 4.78 is 0. The van der Waals surface area contributed by atoms with Crippen LogP contribution in [0.5, 0.6) is 5.75 Å². The third kappa shape index (κ3) is 3.61. The van der Waals surface area contributed by atoms with Crippen LogP contribution >= 0.6 is 39.1 Å². The summed E-state index contributed by atoms with van der Waals surface area (Å²) in [6, 6.07) is 11.3. The summed E-state index contributed by atoms with van der Waals surface area (Å²) in [6.45, 7) is 3.14. The fourth-order valence-corrected chi connectivity index (χ4v) is 8.53. The first-order valence-electron chi connectivity index (χ1n) is 13.2. The van der Waals surface area contributed by atoms with Gasteiger partial charge in [0.15, 0.2) is 15.5 Å². The van der Waals surface area contributed by atoms with Crippen molar-refractivity contribution in [1.82, 2.24) is 4.90 Å². The summed E-state index contributed by atoms with van der Waals surface area (Å²) in [4.78, 5) is 65.1. The van der Waals surface area contributed by atoms with Gasteiger partial charge in [-0.2, -0.15) is 0 Å². The molecule has 1 N–H and O–H groups in total. The Morgan fingerprint density at radius 3 is 2.34 bits per heavy atom. The zero-order chi connectivity index (χ0) is 29.6. The molecule has 2 heterocycles. The lowest BCUT2D eigenvalue weighted by Crippen LogP contribution is -2.60. The SMILES string of the molecule is CC(=O)c1ccc(N2C(=O)C3CC=C4C(CC5(Cl)C(=O)N(CBr)C(=O)C5(Cl)C4c4cccc(C)c4O)C3C2=O)cc1. The van der Waals surface area contributed by atoms with E-state index in [0.29, 0.717) is 28.0 Å². The number of phenols is 1. The van der Waals surface area contributed by atoms with Gasteiger partial charge in [-0.05, 0) is 62.4 Å². The highest BCUT2D eigenvalue weighted by Gasteiger charge is 2.76. The number of aryl methyl sites for hydroxylation is 1. The van der Waals surface area contributed by atoms with Crippen molar-refractivity contribution in [3.63, 3.8) is 0 Å². The minimum absolute atomic E-state index is 0.0845. The van der Waals surface area contributed by atoms with Crippen molar-refractivity contribution in [1.29, 1.82) is 0 Å². The first-order valence-corrected chi connectivity index (χ1v) is 15.0. The van der Waals surface area contributed by atoms with Gasteiger partial charge in [0, 0.05) is 17.0 Å². The number of amides is 4. The maximum Gasteiger partial charge on any atom is 0.254 e. The zero-order valence-corrected chi connectivity index (χ0v) is 25.2. The molecule has 4 amide bonds. The number of Topliss-reactive ketones (excluding diaryl/α,β-unsaturated/α-hetero) is 1. The topological polar surface area (TPSA) is 112 Å². The number of para-hydroxylation sites is 1.